The van der Waals surface area contributed by atoms with Crippen molar-refractivity contribution in [1.82, 2.24) is 5.32 Å². The van der Waals surface area contributed by atoms with Gasteiger partial charge in [0, 0.05) is 16.8 Å². The van der Waals surface area contributed by atoms with Crippen molar-refractivity contribution in [2.45, 2.75) is 37.8 Å². The third-order valence-corrected chi connectivity index (χ3v) is 3.61. The maximum atomic E-state index is 9.43. The smallest absolute Gasteiger partial charge is 0.170 e. The van der Waals surface area contributed by atoms with E-state index in [1.54, 1.807) is 0 Å². The predicted octanol–water partition coefficient (Wildman–Crippen LogP) is 2.93. The van der Waals surface area contributed by atoms with Gasteiger partial charge in [-0.15, -0.1) is 0 Å². The summed E-state index contributed by atoms with van der Waals surface area (Å²) in [5.74, 6) is 0. The Morgan fingerprint density at radius 2 is 1.78 bits per heavy atom. The lowest BCUT2D eigenvalue weighted by Gasteiger charge is -2.27. The van der Waals surface area contributed by atoms with Crippen molar-refractivity contribution >= 4 is 34.6 Å². The molecular weight excluding hydrogens is 268 g/mol. The molecule has 0 bridgehead atoms. The van der Waals surface area contributed by atoms with Gasteiger partial charge in [-0.1, -0.05) is 11.6 Å². The lowest BCUT2D eigenvalue weighted by Crippen LogP contribution is -2.40. The molecule has 0 atom stereocenters. The van der Waals surface area contributed by atoms with Gasteiger partial charge >= 0.3 is 0 Å². The summed E-state index contributed by atoms with van der Waals surface area (Å²) in [6.07, 6.45) is 3.48. The standard InChI is InChI=1S/C13H17ClN2OS/c14-9-1-3-10(4-2-9)15-13(18)16-11-5-7-12(17)8-6-11/h1-4,11-12,17H,5-8H2,(H2,15,16,18). The molecule has 2 rings (SSSR count). The van der Waals surface area contributed by atoms with Gasteiger partial charge in [-0.2, -0.15) is 0 Å². The number of thiocarbonyl (C=S) groups is 1. The maximum Gasteiger partial charge on any atom is 0.170 e. The zero-order chi connectivity index (χ0) is 13.0. The molecule has 0 heterocycles. The number of aliphatic hydroxyl groups is 1. The molecule has 1 aromatic rings. The fourth-order valence-corrected chi connectivity index (χ4v) is 2.52. The molecule has 1 fully saturated rings. The lowest BCUT2D eigenvalue weighted by atomic mass is 9.93. The molecule has 1 aromatic carbocycles. The summed E-state index contributed by atoms with van der Waals surface area (Å²) in [7, 11) is 0. The molecule has 98 valence electrons. The van der Waals surface area contributed by atoms with Gasteiger partial charge in [0.25, 0.3) is 0 Å². The fraction of sp³-hybridized carbons (Fsp3) is 0.462. The summed E-state index contributed by atoms with van der Waals surface area (Å²) in [5.41, 5.74) is 0.924. The van der Waals surface area contributed by atoms with Gasteiger partial charge in [-0.25, -0.2) is 0 Å². The summed E-state index contributed by atoms with van der Waals surface area (Å²) in [6, 6.07) is 7.79. The quantitative estimate of drug-likeness (QED) is 0.731. The van der Waals surface area contributed by atoms with Crippen molar-refractivity contribution in [2.75, 3.05) is 5.32 Å². The van der Waals surface area contributed by atoms with Crippen LogP contribution in [0.1, 0.15) is 25.7 Å². The Morgan fingerprint density at radius 3 is 2.39 bits per heavy atom. The fourth-order valence-electron chi connectivity index (χ4n) is 2.11. The average molecular weight is 285 g/mol. The van der Waals surface area contributed by atoms with E-state index < -0.39 is 0 Å². The van der Waals surface area contributed by atoms with Crippen LogP contribution in [0.3, 0.4) is 0 Å². The van der Waals surface area contributed by atoms with Crippen molar-refractivity contribution in [3.63, 3.8) is 0 Å². The van der Waals surface area contributed by atoms with Crippen LogP contribution >= 0.6 is 23.8 Å². The lowest BCUT2D eigenvalue weighted by molar-refractivity contribution is 0.120. The minimum atomic E-state index is -0.138. The highest BCUT2D eigenvalue weighted by atomic mass is 35.5. The van der Waals surface area contributed by atoms with E-state index in [2.05, 4.69) is 10.6 Å². The molecule has 1 aliphatic rings. The number of rotatable bonds is 2. The zero-order valence-corrected chi connectivity index (χ0v) is 11.6. The second-order valence-electron chi connectivity index (χ2n) is 4.61. The number of nitrogens with one attached hydrogen (secondary N) is 2. The Kier molecular flexibility index (Phi) is 4.80. The van der Waals surface area contributed by atoms with E-state index >= 15 is 0 Å². The molecule has 3 nitrogen and oxygen atoms in total. The molecule has 1 saturated carbocycles. The number of anilines is 1. The van der Waals surface area contributed by atoms with Crippen LogP contribution in [0.25, 0.3) is 0 Å². The van der Waals surface area contributed by atoms with Crippen molar-refractivity contribution in [3.05, 3.63) is 29.3 Å². The van der Waals surface area contributed by atoms with Crippen molar-refractivity contribution < 1.29 is 5.11 Å². The minimum Gasteiger partial charge on any atom is -0.393 e. The van der Waals surface area contributed by atoms with Crippen LogP contribution in [0.2, 0.25) is 5.02 Å². The first-order valence-corrected chi connectivity index (χ1v) is 6.93. The highest BCUT2D eigenvalue weighted by Gasteiger charge is 2.19. The Bertz CT molecular complexity index is 402. The monoisotopic (exact) mass is 284 g/mol. The molecule has 1 aliphatic carbocycles. The highest BCUT2D eigenvalue weighted by Crippen LogP contribution is 2.18. The Labute approximate surface area is 118 Å². The van der Waals surface area contributed by atoms with Gasteiger partial charge in [0.05, 0.1) is 6.10 Å². The van der Waals surface area contributed by atoms with Crippen molar-refractivity contribution in [2.24, 2.45) is 0 Å². The molecule has 18 heavy (non-hydrogen) atoms. The summed E-state index contributed by atoms with van der Waals surface area (Å²) in [5, 5.41) is 17.2. The number of aliphatic hydroxyl groups excluding tert-OH is 1. The SMILES string of the molecule is OC1CCC(NC(=S)Nc2ccc(Cl)cc2)CC1. The van der Waals surface area contributed by atoms with Crippen LogP contribution in [-0.2, 0) is 0 Å². The highest BCUT2D eigenvalue weighted by molar-refractivity contribution is 7.80. The van der Waals surface area contributed by atoms with Gasteiger partial charge in [0.15, 0.2) is 5.11 Å². The Hall–Kier alpha value is -0.840. The van der Waals surface area contributed by atoms with E-state index in [9.17, 15) is 5.11 Å². The molecule has 0 aliphatic heterocycles. The Morgan fingerprint density at radius 1 is 1.17 bits per heavy atom. The third kappa shape index (κ3) is 4.12. The number of benzene rings is 1. The maximum absolute atomic E-state index is 9.43. The van der Waals surface area contributed by atoms with Crippen LogP contribution in [0.5, 0.6) is 0 Å². The second-order valence-corrected chi connectivity index (χ2v) is 5.46. The van der Waals surface area contributed by atoms with E-state index in [1.807, 2.05) is 24.3 Å². The summed E-state index contributed by atoms with van der Waals surface area (Å²) < 4.78 is 0. The molecule has 0 aromatic heterocycles. The third-order valence-electron chi connectivity index (χ3n) is 3.13. The van der Waals surface area contributed by atoms with Crippen LogP contribution in [-0.4, -0.2) is 22.4 Å². The molecule has 5 heteroatoms. The number of hydrogen-bond donors (Lipinski definition) is 3. The van der Waals surface area contributed by atoms with E-state index in [-0.39, 0.29) is 6.10 Å². The molecule has 0 unspecified atom stereocenters. The van der Waals surface area contributed by atoms with E-state index in [0.717, 1.165) is 31.4 Å². The number of halogens is 1. The first kappa shape index (κ1) is 13.6. The van der Waals surface area contributed by atoms with Gasteiger partial charge < -0.3 is 15.7 Å². The molecule has 3 N–H and O–H groups in total. The summed E-state index contributed by atoms with van der Waals surface area (Å²) in [4.78, 5) is 0. The topological polar surface area (TPSA) is 44.3 Å². The molecule has 0 radical (unpaired) electrons. The van der Waals surface area contributed by atoms with E-state index in [4.69, 9.17) is 23.8 Å². The second kappa shape index (κ2) is 6.36. The Balaban J connectivity index is 1.80. The van der Waals surface area contributed by atoms with Crippen LogP contribution in [0.15, 0.2) is 24.3 Å². The average Bonchev–Trinajstić information content (AvgIpc) is 2.35. The molecule has 0 spiro atoms. The van der Waals surface area contributed by atoms with Crippen molar-refractivity contribution in [1.29, 1.82) is 0 Å². The predicted molar refractivity (Wildman–Crippen MR) is 79.1 cm³/mol. The first-order valence-electron chi connectivity index (χ1n) is 6.14. The molecule has 0 amide bonds. The summed E-state index contributed by atoms with van der Waals surface area (Å²) in [6.45, 7) is 0. The normalized spacial score (nSPS) is 23.4. The van der Waals surface area contributed by atoms with Crippen LogP contribution in [0.4, 0.5) is 5.69 Å². The van der Waals surface area contributed by atoms with Crippen LogP contribution < -0.4 is 10.6 Å². The van der Waals surface area contributed by atoms with Gasteiger partial charge in [0.2, 0.25) is 0 Å². The minimum absolute atomic E-state index is 0.138. The number of hydrogen-bond acceptors (Lipinski definition) is 2. The van der Waals surface area contributed by atoms with Gasteiger partial charge in [-0.3, -0.25) is 0 Å². The largest absolute Gasteiger partial charge is 0.393 e. The van der Waals surface area contributed by atoms with Crippen LogP contribution in [0, 0.1) is 0 Å². The zero-order valence-electron chi connectivity index (χ0n) is 10.0. The summed E-state index contributed by atoms with van der Waals surface area (Å²) >= 11 is 11.1. The van der Waals surface area contributed by atoms with Gasteiger partial charge in [0.1, 0.15) is 0 Å². The molecule has 0 saturated heterocycles. The van der Waals surface area contributed by atoms with E-state index in [0.29, 0.717) is 16.2 Å². The molecular formula is C13H17ClN2OS. The van der Waals surface area contributed by atoms with Crippen molar-refractivity contribution in [3.8, 4) is 0 Å². The first-order chi connectivity index (χ1) is 8.63. The van der Waals surface area contributed by atoms with E-state index in [1.165, 1.54) is 0 Å². The van der Waals surface area contributed by atoms with Gasteiger partial charge in [-0.05, 0) is 62.2 Å².